The molecule has 0 aromatic heterocycles. The van der Waals surface area contributed by atoms with Crippen molar-refractivity contribution in [2.24, 2.45) is 0 Å². The topological polar surface area (TPSA) is 46.2 Å². The van der Waals surface area contributed by atoms with Gasteiger partial charge in [0.05, 0.1) is 10.6 Å². The Hall–Kier alpha value is -1.23. The van der Waals surface area contributed by atoms with E-state index in [4.69, 9.17) is 23.2 Å². The zero-order valence-corrected chi connectivity index (χ0v) is 13.1. The van der Waals surface area contributed by atoms with Crippen molar-refractivity contribution in [3.05, 3.63) is 58.1 Å². The van der Waals surface area contributed by atoms with Gasteiger partial charge in [-0.25, -0.2) is 8.42 Å². The largest absolute Gasteiger partial charge is 0.380 e. The average molecular weight is 330 g/mol. The fourth-order valence-corrected chi connectivity index (χ4v) is 3.28. The molecule has 0 radical (unpaired) electrons. The van der Waals surface area contributed by atoms with Crippen LogP contribution >= 0.6 is 23.2 Å². The molecule has 2 aromatic rings. The van der Waals surface area contributed by atoms with E-state index in [0.29, 0.717) is 22.3 Å². The molecule has 0 heterocycles. The Labute approximate surface area is 128 Å². The lowest BCUT2D eigenvalue weighted by atomic mass is 10.2. The highest BCUT2D eigenvalue weighted by Gasteiger charge is 2.12. The van der Waals surface area contributed by atoms with Gasteiger partial charge in [-0.1, -0.05) is 35.3 Å². The van der Waals surface area contributed by atoms with Gasteiger partial charge in [-0.15, -0.1) is 0 Å². The zero-order valence-electron chi connectivity index (χ0n) is 10.7. The van der Waals surface area contributed by atoms with Gasteiger partial charge in [-0.05, 0) is 35.9 Å². The van der Waals surface area contributed by atoms with Crippen LogP contribution in [0.1, 0.15) is 5.56 Å². The molecule has 0 unspecified atom stereocenters. The van der Waals surface area contributed by atoms with Crippen LogP contribution in [0.4, 0.5) is 5.69 Å². The van der Waals surface area contributed by atoms with Gasteiger partial charge in [0.2, 0.25) is 0 Å². The predicted molar refractivity (Wildman–Crippen MR) is 83.3 cm³/mol. The fraction of sp³-hybridized carbons (Fsp3) is 0.143. The smallest absolute Gasteiger partial charge is 0.177 e. The molecule has 0 atom stereocenters. The van der Waals surface area contributed by atoms with Crippen molar-refractivity contribution >= 4 is 38.7 Å². The molecule has 0 bridgehead atoms. The summed E-state index contributed by atoms with van der Waals surface area (Å²) in [6.07, 6.45) is 1.18. The van der Waals surface area contributed by atoms with E-state index >= 15 is 0 Å². The lowest BCUT2D eigenvalue weighted by Crippen LogP contribution is -2.06. The molecule has 0 fully saturated rings. The molecule has 0 amide bonds. The van der Waals surface area contributed by atoms with Crippen LogP contribution in [0.15, 0.2) is 47.4 Å². The van der Waals surface area contributed by atoms with Crippen molar-refractivity contribution < 1.29 is 8.42 Å². The first kappa shape index (κ1) is 15.2. The number of anilines is 1. The minimum absolute atomic E-state index is 0.271. The maximum atomic E-state index is 11.7. The minimum atomic E-state index is -3.27. The summed E-state index contributed by atoms with van der Waals surface area (Å²) in [5.41, 5.74) is 1.44. The lowest BCUT2D eigenvalue weighted by Gasteiger charge is -2.11. The monoisotopic (exact) mass is 329 g/mol. The summed E-state index contributed by atoms with van der Waals surface area (Å²) in [6, 6.07) is 12.0. The van der Waals surface area contributed by atoms with E-state index in [1.807, 2.05) is 0 Å². The molecule has 2 rings (SSSR count). The Morgan fingerprint density at radius 3 is 2.25 bits per heavy atom. The van der Waals surface area contributed by atoms with E-state index in [9.17, 15) is 8.42 Å². The average Bonchev–Trinajstić information content (AvgIpc) is 2.34. The second kappa shape index (κ2) is 6.04. The number of nitrogens with one attached hydrogen (secondary N) is 1. The number of hydrogen-bond acceptors (Lipinski definition) is 3. The second-order valence-electron chi connectivity index (χ2n) is 4.40. The number of benzene rings is 2. The van der Waals surface area contributed by atoms with Crippen LogP contribution in [0.2, 0.25) is 10.0 Å². The van der Waals surface area contributed by atoms with Crippen LogP contribution in [0.3, 0.4) is 0 Å². The van der Waals surface area contributed by atoms with Gasteiger partial charge in [0.15, 0.2) is 9.84 Å². The Kier molecular flexibility index (Phi) is 4.58. The lowest BCUT2D eigenvalue weighted by molar-refractivity contribution is 0.602. The Balaban J connectivity index is 2.23. The summed E-state index contributed by atoms with van der Waals surface area (Å²) in [5, 5.41) is 4.19. The Morgan fingerprint density at radius 1 is 1.05 bits per heavy atom. The van der Waals surface area contributed by atoms with Gasteiger partial charge in [0.25, 0.3) is 0 Å². The molecule has 0 aliphatic heterocycles. The van der Waals surface area contributed by atoms with E-state index in [-0.39, 0.29) is 4.90 Å². The zero-order chi connectivity index (χ0) is 14.8. The van der Waals surface area contributed by atoms with Crippen LogP contribution in [-0.2, 0) is 16.4 Å². The summed E-state index contributed by atoms with van der Waals surface area (Å²) >= 11 is 11.9. The summed E-state index contributed by atoms with van der Waals surface area (Å²) < 4.78 is 23.4. The maximum Gasteiger partial charge on any atom is 0.177 e. The molecule has 0 aliphatic carbocycles. The quantitative estimate of drug-likeness (QED) is 0.921. The third-order valence-corrected chi connectivity index (χ3v) is 4.28. The molecule has 3 nitrogen and oxygen atoms in total. The first-order valence-corrected chi connectivity index (χ1v) is 8.49. The molecule has 106 valence electrons. The van der Waals surface area contributed by atoms with E-state index in [2.05, 4.69) is 5.32 Å². The van der Waals surface area contributed by atoms with Crippen molar-refractivity contribution in [3.63, 3.8) is 0 Å². The van der Waals surface area contributed by atoms with Gasteiger partial charge >= 0.3 is 0 Å². The highest BCUT2D eigenvalue weighted by atomic mass is 35.5. The highest BCUT2D eigenvalue weighted by Crippen LogP contribution is 2.23. The summed E-state index contributed by atoms with van der Waals surface area (Å²) in [5.74, 6) is 0. The van der Waals surface area contributed by atoms with Gasteiger partial charge < -0.3 is 5.32 Å². The first-order chi connectivity index (χ1) is 9.36. The number of sulfone groups is 1. The third-order valence-electron chi connectivity index (χ3n) is 2.69. The Morgan fingerprint density at radius 2 is 1.65 bits per heavy atom. The van der Waals surface area contributed by atoms with Gasteiger partial charge in [0.1, 0.15) is 0 Å². The molecule has 6 heteroatoms. The Bertz CT molecular complexity index is 709. The normalized spacial score (nSPS) is 11.3. The number of rotatable bonds is 4. The van der Waals surface area contributed by atoms with E-state index < -0.39 is 9.84 Å². The van der Waals surface area contributed by atoms with Gasteiger partial charge in [-0.2, -0.15) is 0 Å². The molecule has 2 aromatic carbocycles. The number of hydrogen-bond donors (Lipinski definition) is 1. The second-order valence-corrected chi connectivity index (χ2v) is 7.26. The summed E-state index contributed by atoms with van der Waals surface area (Å²) in [7, 11) is -3.27. The molecular weight excluding hydrogens is 317 g/mol. The van der Waals surface area contributed by atoms with Crippen molar-refractivity contribution in [1.29, 1.82) is 0 Å². The predicted octanol–water partition coefficient (Wildman–Crippen LogP) is 4.01. The number of para-hydroxylation sites is 1. The molecule has 0 saturated heterocycles. The number of halogens is 2. The summed E-state index contributed by atoms with van der Waals surface area (Å²) in [4.78, 5) is 0.271. The molecular formula is C14H13Cl2NO2S. The summed E-state index contributed by atoms with van der Waals surface area (Å²) in [6.45, 7) is 0.437. The maximum absolute atomic E-state index is 11.7. The van der Waals surface area contributed by atoms with Crippen LogP contribution in [-0.4, -0.2) is 14.7 Å². The molecule has 0 aliphatic rings. The van der Waals surface area contributed by atoms with E-state index in [1.54, 1.807) is 42.5 Å². The van der Waals surface area contributed by atoms with Gasteiger partial charge in [0, 0.05) is 22.8 Å². The van der Waals surface area contributed by atoms with Crippen LogP contribution in [0.25, 0.3) is 0 Å². The van der Waals surface area contributed by atoms with E-state index in [0.717, 1.165) is 5.56 Å². The van der Waals surface area contributed by atoms with Crippen LogP contribution < -0.4 is 5.32 Å². The standard InChI is InChI=1S/C14H13Cl2NO2S/c1-20(18,19)14-5-3-2-4-13(14)17-9-10-6-11(15)8-12(16)7-10/h2-8,17H,9H2,1H3. The van der Waals surface area contributed by atoms with Crippen molar-refractivity contribution in [2.45, 2.75) is 11.4 Å². The minimum Gasteiger partial charge on any atom is -0.380 e. The molecule has 20 heavy (non-hydrogen) atoms. The van der Waals surface area contributed by atoms with Crippen molar-refractivity contribution in [3.8, 4) is 0 Å². The van der Waals surface area contributed by atoms with Crippen LogP contribution in [0.5, 0.6) is 0 Å². The third kappa shape index (κ3) is 3.88. The SMILES string of the molecule is CS(=O)(=O)c1ccccc1NCc1cc(Cl)cc(Cl)c1. The van der Waals surface area contributed by atoms with Crippen molar-refractivity contribution in [2.75, 3.05) is 11.6 Å². The molecule has 0 spiro atoms. The highest BCUT2D eigenvalue weighted by molar-refractivity contribution is 7.90. The fourth-order valence-electron chi connectivity index (χ4n) is 1.85. The van der Waals surface area contributed by atoms with E-state index in [1.165, 1.54) is 6.26 Å². The van der Waals surface area contributed by atoms with Crippen molar-refractivity contribution in [1.82, 2.24) is 0 Å². The molecule has 1 N–H and O–H groups in total. The van der Waals surface area contributed by atoms with Gasteiger partial charge in [-0.3, -0.25) is 0 Å². The van der Waals surface area contributed by atoms with Crippen LogP contribution in [0, 0.1) is 0 Å². The molecule has 0 saturated carbocycles. The first-order valence-electron chi connectivity index (χ1n) is 5.84.